The van der Waals surface area contributed by atoms with Gasteiger partial charge in [0.25, 0.3) is 0 Å². The van der Waals surface area contributed by atoms with Crippen molar-refractivity contribution in [3.05, 3.63) is 35.8 Å². The molecule has 0 amide bonds. The van der Waals surface area contributed by atoms with E-state index in [4.69, 9.17) is 0 Å². The zero-order valence-corrected chi connectivity index (χ0v) is 11.6. The predicted molar refractivity (Wildman–Crippen MR) is 78.4 cm³/mol. The van der Waals surface area contributed by atoms with Gasteiger partial charge in [0.05, 0.1) is 0 Å². The van der Waals surface area contributed by atoms with E-state index in [9.17, 15) is 9.18 Å². The normalized spacial score (nSPS) is 17.2. The molecule has 2 nitrogen and oxygen atoms in total. The standard InChI is InChI=1S/C17H20FNO/c18-13-7-8-14-15(11-19-16(14)10-13)17(20)9-12-5-3-1-2-4-6-12/h7-8,10-12,19H,1-6,9H2. The molecular weight excluding hydrogens is 253 g/mol. The predicted octanol–water partition coefficient (Wildman–Crippen LogP) is 4.85. The fourth-order valence-corrected chi connectivity index (χ4v) is 3.27. The lowest BCUT2D eigenvalue weighted by Gasteiger charge is -2.12. The summed E-state index contributed by atoms with van der Waals surface area (Å²) in [7, 11) is 0. The van der Waals surface area contributed by atoms with Gasteiger partial charge in [-0.25, -0.2) is 4.39 Å². The summed E-state index contributed by atoms with van der Waals surface area (Å²) in [6.07, 6.45) is 9.79. The van der Waals surface area contributed by atoms with Crippen molar-refractivity contribution in [1.82, 2.24) is 4.98 Å². The van der Waals surface area contributed by atoms with Gasteiger partial charge < -0.3 is 4.98 Å². The highest BCUT2D eigenvalue weighted by Crippen LogP contribution is 2.28. The molecule has 2 aromatic rings. The fourth-order valence-electron chi connectivity index (χ4n) is 3.27. The Bertz CT molecular complexity index is 608. The minimum atomic E-state index is -0.276. The van der Waals surface area contributed by atoms with E-state index in [1.54, 1.807) is 12.3 Å². The van der Waals surface area contributed by atoms with E-state index in [1.165, 1.54) is 50.7 Å². The Balaban J connectivity index is 1.78. The number of fused-ring (bicyclic) bond motifs is 1. The summed E-state index contributed by atoms with van der Waals surface area (Å²) in [5, 5.41) is 0.838. The second kappa shape index (κ2) is 5.78. The van der Waals surface area contributed by atoms with E-state index in [-0.39, 0.29) is 11.6 Å². The van der Waals surface area contributed by atoms with Crippen LogP contribution in [0.1, 0.15) is 55.3 Å². The first kappa shape index (κ1) is 13.3. The molecule has 1 saturated carbocycles. The maximum absolute atomic E-state index is 13.2. The zero-order valence-electron chi connectivity index (χ0n) is 11.6. The molecule has 1 aromatic carbocycles. The van der Waals surface area contributed by atoms with Crippen LogP contribution in [0.2, 0.25) is 0 Å². The van der Waals surface area contributed by atoms with Gasteiger partial charge in [-0.05, 0) is 24.1 Å². The molecule has 1 heterocycles. The van der Waals surface area contributed by atoms with E-state index in [0.29, 0.717) is 23.4 Å². The number of aromatic amines is 1. The number of hydrogen-bond donors (Lipinski definition) is 1. The van der Waals surface area contributed by atoms with Gasteiger partial charge in [-0.3, -0.25) is 4.79 Å². The van der Waals surface area contributed by atoms with Crippen LogP contribution in [-0.2, 0) is 0 Å². The first-order valence-corrected chi connectivity index (χ1v) is 7.54. The van der Waals surface area contributed by atoms with Gasteiger partial charge in [-0.15, -0.1) is 0 Å². The Morgan fingerprint density at radius 3 is 2.70 bits per heavy atom. The minimum Gasteiger partial charge on any atom is -0.360 e. The van der Waals surface area contributed by atoms with E-state index >= 15 is 0 Å². The van der Waals surface area contributed by atoms with Crippen molar-refractivity contribution >= 4 is 16.7 Å². The lowest BCUT2D eigenvalue weighted by molar-refractivity contribution is 0.0958. The highest BCUT2D eigenvalue weighted by Gasteiger charge is 2.19. The number of carbonyl (C=O) groups excluding carboxylic acids is 1. The number of benzene rings is 1. The second-order valence-corrected chi connectivity index (χ2v) is 5.88. The van der Waals surface area contributed by atoms with E-state index in [1.807, 2.05) is 0 Å². The summed E-state index contributed by atoms with van der Waals surface area (Å²) in [4.78, 5) is 15.5. The van der Waals surface area contributed by atoms with Gasteiger partial charge in [0.15, 0.2) is 5.78 Å². The van der Waals surface area contributed by atoms with Crippen molar-refractivity contribution in [2.24, 2.45) is 5.92 Å². The molecule has 0 aliphatic heterocycles. The van der Waals surface area contributed by atoms with Crippen molar-refractivity contribution in [2.45, 2.75) is 44.9 Å². The molecule has 1 aromatic heterocycles. The first-order valence-electron chi connectivity index (χ1n) is 7.54. The summed E-state index contributed by atoms with van der Waals surface area (Å²) < 4.78 is 13.2. The summed E-state index contributed by atoms with van der Waals surface area (Å²) >= 11 is 0. The average molecular weight is 273 g/mol. The molecule has 1 N–H and O–H groups in total. The van der Waals surface area contributed by atoms with Gasteiger partial charge in [0.2, 0.25) is 0 Å². The SMILES string of the molecule is O=C(CC1CCCCCC1)c1c[nH]c2cc(F)ccc12. The number of halogens is 1. The number of ketones is 1. The van der Waals surface area contributed by atoms with Gasteiger partial charge >= 0.3 is 0 Å². The van der Waals surface area contributed by atoms with Crippen LogP contribution in [0.5, 0.6) is 0 Å². The largest absolute Gasteiger partial charge is 0.360 e. The molecular formula is C17H20FNO. The Morgan fingerprint density at radius 2 is 1.95 bits per heavy atom. The number of carbonyl (C=O) groups is 1. The molecule has 1 aliphatic carbocycles. The number of nitrogens with one attached hydrogen (secondary N) is 1. The molecule has 3 rings (SSSR count). The van der Waals surface area contributed by atoms with Crippen LogP contribution in [0.15, 0.2) is 24.4 Å². The third-order valence-corrected chi connectivity index (χ3v) is 4.39. The Labute approximate surface area is 118 Å². The molecule has 0 spiro atoms. The van der Waals surface area contributed by atoms with Gasteiger partial charge in [0.1, 0.15) is 5.82 Å². The van der Waals surface area contributed by atoms with Crippen LogP contribution in [0, 0.1) is 11.7 Å². The van der Waals surface area contributed by atoms with Crippen LogP contribution in [0.4, 0.5) is 4.39 Å². The maximum Gasteiger partial charge on any atom is 0.165 e. The third kappa shape index (κ3) is 2.77. The molecule has 0 bridgehead atoms. The van der Waals surface area contributed by atoms with Crippen molar-refractivity contribution in [1.29, 1.82) is 0 Å². The summed E-state index contributed by atoms with van der Waals surface area (Å²) in [5.74, 6) is 0.437. The molecule has 0 atom stereocenters. The number of hydrogen-bond acceptors (Lipinski definition) is 1. The Morgan fingerprint density at radius 1 is 1.20 bits per heavy atom. The van der Waals surface area contributed by atoms with Gasteiger partial charge in [0, 0.05) is 29.1 Å². The van der Waals surface area contributed by atoms with Crippen LogP contribution in [0.25, 0.3) is 10.9 Å². The molecule has 0 unspecified atom stereocenters. The monoisotopic (exact) mass is 273 g/mol. The molecule has 3 heteroatoms. The molecule has 106 valence electrons. The third-order valence-electron chi connectivity index (χ3n) is 4.39. The Kier molecular flexibility index (Phi) is 3.86. The van der Waals surface area contributed by atoms with Crippen molar-refractivity contribution in [3.63, 3.8) is 0 Å². The van der Waals surface area contributed by atoms with E-state index in [2.05, 4.69) is 4.98 Å². The lowest BCUT2D eigenvalue weighted by atomic mass is 9.92. The minimum absolute atomic E-state index is 0.190. The summed E-state index contributed by atoms with van der Waals surface area (Å²) in [6.45, 7) is 0. The van der Waals surface area contributed by atoms with Gasteiger partial charge in [-0.1, -0.05) is 38.5 Å². The molecule has 0 saturated heterocycles. The smallest absolute Gasteiger partial charge is 0.165 e. The van der Waals surface area contributed by atoms with Crippen molar-refractivity contribution in [3.8, 4) is 0 Å². The lowest BCUT2D eigenvalue weighted by Crippen LogP contribution is -2.08. The summed E-state index contributed by atoms with van der Waals surface area (Å²) in [5.41, 5.74) is 1.42. The number of aromatic nitrogens is 1. The number of rotatable bonds is 3. The molecule has 0 radical (unpaired) electrons. The topological polar surface area (TPSA) is 32.9 Å². The van der Waals surface area contributed by atoms with Crippen LogP contribution < -0.4 is 0 Å². The highest BCUT2D eigenvalue weighted by molar-refractivity contribution is 6.07. The van der Waals surface area contributed by atoms with E-state index < -0.39 is 0 Å². The molecule has 1 aliphatic rings. The number of H-pyrrole nitrogens is 1. The Hall–Kier alpha value is -1.64. The quantitative estimate of drug-likeness (QED) is 0.629. The van der Waals surface area contributed by atoms with E-state index in [0.717, 1.165) is 5.39 Å². The van der Waals surface area contributed by atoms with Crippen LogP contribution in [0.3, 0.4) is 0 Å². The fraction of sp³-hybridized carbons (Fsp3) is 0.471. The van der Waals surface area contributed by atoms with Crippen LogP contribution in [-0.4, -0.2) is 10.8 Å². The average Bonchev–Trinajstić information content (AvgIpc) is 2.67. The second-order valence-electron chi connectivity index (χ2n) is 5.88. The maximum atomic E-state index is 13.2. The highest BCUT2D eigenvalue weighted by atomic mass is 19.1. The summed E-state index contributed by atoms with van der Waals surface area (Å²) in [6, 6.07) is 4.55. The molecule has 20 heavy (non-hydrogen) atoms. The van der Waals surface area contributed by atoms with Crippen molar-refractivity contribution < 1.29 is 9.18 Å². The number of Topliss-reactive ketones (excluding diaryl/α,β-unsaturated/α-hetero) is 1. The zero-order chi connectivity index (χ0) is 13.9. The molecule has 1 fully saturated rings. The first-order chi connectivity index (χ1) is 9.74. The van der Waals surface area contributed by atoms with Crippen LogP contribution >= 0.6 is 0 Å². The van der Waals surface area contributed by atoms with Crippen molar-refractivity contribution in [2.75, 3.05) is 0 Å². The van der Waals surface area contributed by atoms with Gasteiger partial charge in [-0.2, -0.15) is 0 Å².